The molecule has 0 aliphatic rings. The summed E-state index contributed by atoms with van der Waals surface area (Å²) in [5.74, 6) is 0. The first-order chi connectivity index (χ1) is 26.8. The van der Waals surface area contributed by atoms with Crippen molar-refractivity contribution in [1.82, 2.24) is 0 Å². The van der Waals surface area contributed by atoms with E-state index >= 15 is 0 Å². The summed E-state index contributed by atoms with van der Waals surface area (Å²) < 4.78 is 0. The number of benzene rings is 11. The van der Waals surface area contributed by atoms with Gasteiger partial charge in [0.25, 0.3) is 0 Å². The molecule has 0 aromatic heterocycles. The Morgan fingerprint density at radius 1 is 0.185 bits per heavy atom. The van der Waals surface area contributed by atoms with Crippen LogP contribution in [0.25, 0.3) is 109 Å². The number of hydrogen-bond donors (Lipinski definition) is 0. The van der Waals surface area contributed by atoms with Crippen LogP contribution in [-0.2, 0) is 0 Å². The van der Waals surface area contributed by atoms with Crippen molar-refractivity contribution >= 4 is 64.6 Å². The molecule has 0 fully saturated rings. The zero-order chi connectivity index (χ0) is 35.6. The van der Waals surface area contributed by atoms with Crippen molar-refractivity contribution in [1.29, 1.82) is 0 Å². The van der Waals surface area contributed by atoms with Gasteiger partial charge in [0.15, 0.2) is 0 Å². The second-order valence-electron chi connectivity index (χ2n) is 14.4. The van der Waals surface area contributed by atoms with Gasteiger partial charge >= 0.3 is 0 Å². The molecule has 0 unspecified atom stereocenters. The standard InChI is InChI=1S/C54H34/c1-3-15-37-31-39(27-25-35(37)13-1)40-29-30-50-52(33-40)54(49-24-12-11-23-48(49)53(50)42-28-26-36-14-2-4-16-38(36)32-42)47-22-10-9-21-46(47)51-34-41-17-5-6-18-43(41)44-19-7-8-20-45(44)51/h1-34H. The molecule has 11 aromatic rings. The molecule has 54 heavy (non-hydrogen) atoms. The van der Waals surface area contributed by atoms with Crippen LogP contribution in [0.1, 0.15) is 0 Å². The summed E-state index contributed by atoms with van der Waals surface area (Å²) in [4.78, 5) is 0. The maximum atomic E-state index is 2.45. The highest BCUT2D eigenvalue weighted by molar-refractivity contribution is 6.24. The lowest BCUT2D eigenvalue weighted by Gasteiger charge is -2.21. The third-order valence-electron chi connectivity index (χ3n) is 11.4. The maximum Gasteiger partial charge on any atom is -0.00199 e. The second kappa shape index (κ2) is 12.3. The molecular weight excluding hydrogens is 649 g/mol. The van der Waals surface area contributed by atoms with Crippen molar-refractivity contribution in [3.8, 4) is 44.5 Å². The Morgan fingerprint density at radius 2 is 0.648 bits per heavy atom. The van der Waals surface area contributed by atoms with Crippen LogP contribution in [0.3, 0.4) is 0 Å². The van der Waals surface area contributed by atoms with Gasteiger partial charge in [0.1, 0.15) is 0 Å². The lowest BCUT2D eigenvalue weighted by molar-refractivity contribution is 1.63. The second-order valence-corrected chi connectivity index (χ2v) is 14.4. The van der Waals surface area contributed by atoms with Gasteiger partial charge in [-0.15, -0.1) is 0 Å². The van der Waals surface area contributed by atoms with E-state index in [0.717, 1.165) is 0 Å². The predicted octanol–water partition coefficient (Wildman–Crippen LogP) is 15.3. The fourth-order valence-corrected chi connectivity index (χ4v) is 8.89. The SMILES string of the molecule is c1ccc(-c2cc3ccccc3c3ccccc23)c(-c2c3ccccc3c(-c3ccc4ccccc4c3)c3ccc(-c4ccc5ccccc5c4)cc23)c1. The van der Waals surface area contributed by atoms with E-state index in [4.69, 9.17) is 0 Å². The van der Waals surface area contributed by atoms with E-state index in [-0.39, 0.29) is 0 Å². The smallest absolute Gasteiger partial charge is 0.00199 e. The molecule has 0 saturated heterocycles. The molecule has 0 N–H and O–H groups in total. The van der Waals surface area contributed by atoms with Crippen molar-refractivity contribution in [2.24, 2.45) is 0 Å². The predicted molar refractivity (Wildman–Crippen MR) is 233 cm³/mol. The number of fused-ring (bicyclic) bond motifs is 7. The molecule has 11 aromatic carbocycles. The maximum absolute atomic E-state index is 2.45. The fourth-order valence-electron chi connectivity index (χ4n) is 8.89. The van der Waals surface area contributed by atoms with Gasteiger partial charge in [-0.25, -0.2) is 0 Å². The first-order valence-electron chi connectivity index (χ1n) is 18.8. The average Bonchev–Trinajstić information content (AvgIpc) is 3.24. The Labute approximate surface area is 314 Å². The molecule has 0 saturated carbocycles. The topological polar surface area (TPSA) is 0 Å². The van der Waals surface area contributed by atoms with Crippen molar-refractivity contribution in [3.05, 3.63) is 206 Å². The Bertz CT molecular complexity index is 3270. The first-order valence-corrected chi connectivity index (χ1v) is 18.8. The van der Waals surface area contributed by atoms with Gasteiger partial charge in [0, 0.05) is 0 Å². The first kappa shape index (κ1) is 30.6. The van der Waals surface area contributed by atoms with Gasteiger partial charge in [-0.1, -0.05) is 182 Å². The molecule has 0 aliphatic carbocycles. The van der Waals surface area contributed by atoms with Gasteiger partial charge in [-0.05, 0) is 133 Å². The van der Waals surface area contributed by atoms with Crippen molar-refractivity contribution in [3.63, 3.8) is 0 Å². The van der Waals surface area contributed by atoms with Gasteiger partial charge in [0.2, 0.25) is 0 Å². The van der Waals surface area contributed by atoms with E-state index < -0.39 is 0 Å². The molecule has 0 aliphatic heterocycles. The normalized spacial score (nSPS) is 11.7. The average molecular weight is 683 g/mol. The van der Waals surface area contributed by atoms with Crippen LogP contribution < -0.4 is 0 Å². The van der Waals surface area contributed by atoms with Crippen LogP contribution in [0.2, 0.25) is 0 Å². The van der Waals surface area contributed by atoms with Crippen LogP contribution in [-0.4, -0.2) is 0 Å². The molecule has 0 nitrogen and oxygen atoms in total. The van der Waals surface area contributed by atoms with Crippen LogP contribution >= 0.6 is 0 Å². The Kier molecular flexibility index (Phi) is 6.97. The van der Waals surface area contributed by atoms with Gasteiger partial charge in [-0.2, -0.15) is 0 Å². The summed E-state index contributed by atoms with van der Waals surface area (Å²) in [6, 6.07) is 76.3. The third-order valence-corrected chi connectivity index (χ3v) is 11.4. The van der Waals surface area contributed by atoms with E-state index in [1.165, 1.54) is 109 Å². The molecular formula is C54H34. The van der Waals surface area contributed by atoms with E-state index in [0.29, 0.717) is 0 Å². The molecule has 11 rings (SSSR count). The molecule has 0 spiro atoms. The lowest BCUT2D eigenvalue weighted by Crippen LogP contribution is -1.94. The number of rotatable bonds is 4. The van der Waals surface area contributed by atoms with Gasteiger partial charge in [-0.3, -0.25) is 0 Å². The molecule has 0 heterocycles. The van der Waals surface area contributed by atoms with E-state index in [1.54, 1.807) is 0 Å². The van der Waals surface area contributed by atoms with Crippen LogP contribution in [0.5, 0.6) is 0 Å². The third kappa shape index (κ3) is 4.85. The lowest BCUT2D eigenvalue weighted by atomic mass is 9.82. The minimum Gasteiger partial charge on any atom is -0.0616 e. The minimum atomic E-state index is 1.21. The summed E-state index contributed by atoms with van der Waals surface area (Å²) >= 11 is 0. The van der Waals surface area contributed by atoms with Crippen molar-refractivity contribution < 1.29 is 0 Å². The molecule has 0 atom stereocenters. The van der Waals surface area contributed by atoms with Crippen molar-refractivity contribution in [2.75, 3.05) is 0 Å². The minimum absolute atomic E-state index is 1.21. The highest BCUT2D eigenvalue weighted by Gasteiger charge is 2.21. The highest BCUT2D eigenvalue weighted by Crippen LogP contribution is 2.48. The Balaban J connectivity index is 1.26. The summed E-state index contributed by atoms with van der Waals surface area (Å²) in [7, 11) is 0. The summed E-state index contributed by atoms with van der Waals surface area (Å²) in [5, 5.41) is 15.1. The largest absolute Gasteiger partial charge is 0.0616 e. The molecule has 0 radical (unpaired) electrons. The van der Waals surface area contributed by atoms with E-state index in [9.17, 15) is 0 Å². The number of hydrogen-bond acceptors (Lipinski definition) is 0. The Hall–Kier alpha value is -7.02. The summed E-state index contributed by atoms with van der Waals surface area (Å²) in [6.07, 6.45) is 0. The highest BCUT2D eigenvalue weighted by atomic mass is 14.2. The van der Waals surface area contributed by atoms with Crippen molar-refractivity contribution in [2.45, 2.75) is 0 Å². The quantitative estimate of drug-likeness (QED) is 0.128. The summed E-state index contributed by atoms with van der Waals surface area (Å²) in [6.45, 7) is 0. The monoisotopic (exact) mass is 682 g/mol. The van der Waals surface area contributed by atoms with Gasteiger partial charge in [0.05, 0.1) is 0 Å². The zero-order valence-electron chi connectivity index (χ0n) is 29.6. The summed E-state index contributed by atoms with van der Waals surface area (Å²) in [5.41, 5.74) is 9.92. The van der Waals surface area contributed by atoms with Gasteiger partial charge < -0.3 is 0 Å². The Morgan fingerprint density at radius 3 is 1.37 bits per heavy atom. The molecule has 250 valence electrons. The fraction of sp³-hybridized carbons (Fsp3) is 0. The zero-order valence-corrected chi connectivity index (χ0v) is 29.6. The molecule has 0 heteroatoms. The molecule has 0 bridgehead atoms. The van der Waals surface area contributed by atoms with Crippen LogP contribution in [0, 0.1) is 0 Å². The van der Waals surface area contributed by atoms with E-state index in [2.05, 4.69) is 206 Å². The van der Waals surface area contributed by atoms with Crippen LogP contribution in [0.4, 0.5) is 0 Å². The molecule has 0 amide bonds. The van der Waals surface area contributed by atoms with Crippen LogP contribution in [0.15, 0.2) is 206 Å². The van der Waals surface area contributed by atoms with E-state index in [1.807, 2.05) is 0 Å².